The first-order valence-corrected chi connectivity index (χ1v) is 8.44. The number of carbonyl (C=O) groups is 1. The minimum atomic E-state index is -0.553. The Bertz CT molecular complexity index is 543. The van der Waals surface area contributed by atoms with Crippen LogP contribution in [0.1, 0.15) is 57.4 Å². The van der Waals surface area contributed by atoms with Gasteiger partial charge in [0.05, 0.1) is 11.7 Å². The van der Waals surface area contributed by atoms with E-state index in [1.165, 1.54) is 0 Å². The van der Waals surface area contributed by atoms with Crippen LogP contribution in [0.3, 0.4) is 0 Å². The zero-order valence-electron chi connectivity index (χ0n) is 13.8. The minimum absolute atomic E-state index is 0.235. The third kappa shape index (κ3) is 4.12. The van der Waals surface area contributed by atoms with Gasteiger partial charge in [0.25, 0.3) is 0 Å². The summed E-state index contributed by atoms with van der Waals surface area (Å²) in [6.45, 7) is 2.13. The predicted molar refractivity (Wildman–Crippen MR) is 90.0 cm³/mol. The standard InChI is InChI=1S/C19H26FNO2/c1-2-15(13-20)14-23-17-9-7-16(8-10-17)19(18(21)22)11-5-3-4-6-12-19/h7-10,13H,2-6,11-12,14H2,1H3,(H2,21,22)/b15-13+. The van der Waals surface area contributed by atoms with E-state index >= 15 is 0 Å². The van der Waals surface area contributed by atoms with Crippen molar-refractivity contribution in [2.24, 2.45) is 5.73 Å². The summed E-state index contributed by atoms with van der Waals surface area (Å²) >= 11 is 0. The van der Waals surface area contributed by atoms with Crippen molar-refractivity contribution in [3.8, 4) is 5.75 Å². The van der Waals surface area contributed by atoms with Crippen LogP contribution in [0, 0.1) is 0 Å². The third-order valence-electron chi connectivity index (χ3n) is 4.87. The average molecular weight is 319 g/mol. The molecule has 0 aliphatic heterocycles. The fourth-order valence-electron chi connectivity index (χ4n) is 3.27. The molecule has 0 unspecified atom stereocenters. The van der Waals surface area contributed by atoms with Crippen molar-refractivity contribution in [1.82, 2.24) is 0 Å². The van der Waals surface area contributed by atoms with E-state index in [0.29, 0.717) is 24.1 Å². The summed E-state index contributed by atoms with van der Waals surface area (Å²) in [4.78, 5) is 12.1. The first-order chi connectivity index (χ1) is 11.1. The summed E-state index contributed by atoms with van der Waals surface area (Å²) < 4.78 is 18.1. The second-order valence-corrected chi connectivity index (χ2v) is 6.29. The number of amides is 1. The molecule has 2 N–H and O–H groups in total. The second kappa shape index (κ2) is 8.14. The highest BCUT2D eigenvalue weighted by atomic mass is 19.1. The number of nitrogens with two attached hydrogens (primary N) is 1. The largest absolute Gasteiger partial charge is 0.489 e. The molecule has 1 aromatic rings. The lowest BCUT2D eigenvalue weighted by molar-refractivity contribution is -0.124. The van der Waals surface area contributed by atoms with Crippen molar-refractivity contribution in [2.75, 3.05) is 6.61 Å². The molecule has 0 bridgehead atoms. The Hall–Kier alpha value is -1.84. The van der Waals surface area contributed by atoms with Crippen LogP contribution < -0.4 is 10.5 Å². The van der Waals surface area contributed by atoms with Gasteiger partial charge in [-0.25, -0.2) is 4.39 Å². The smallest absolute Gasteiger partial charge is 0.228 e. The van der Waals surface area contributed by atoms with E-state index in [-0.39, 0.29) is 12.5 Å². The molecule has 23 heavy (non-hydrogen) atoms. The van der Waals surface area contributed by atoms with Crippen LogP contribution in [0.2, 0.25) is 0 Å². The Kier molecular flexibility index (Phi) is 6.20. The van der Waals surface area contributed by atoms with E-state index in [0.717, 1.165) is 44.1 Å². The van der Waals surface area contributed by atoms with Gasteiger partial charge in [-0.1, -0.05) is 44.7 Å². The second-order valence-electron chi connectivity index (χ2n) is 6.29. The van der Waals surface area contributed by atoms with Gasteiger partial charge < -0.3 is 10.5 Å². The Balaban J connectivity index is 2.14. The molecular weight excluding hydrogens is 293 g/mol. The number of benzene rings is 1. The van der Waals surface area contributed by atoms with Crippen LogP contribution in [0.15, 0.2) is 36.2 Å². The molecule has 4 heteroatoms. The predicted octanol–water partition coefficient (Wildman–Crippen LogP) is 4.41. The fraction of sp³-hybridized carbons (Fsp3) is 0.526. The number of rotatable bonds is 6. The number of ether oxygens (including phenoxy) is 1. The Morgan fingerprint density at radius 1 is 1.22 bits per heavy atom. The van der Waals surface area contributed by atoms with Crippen LogP contribution in [-0.4, -0.2) is 12.5 Å². The highest BCUT2D eigenvalue weighted by Crippen LogP contribution is 2.38. The molecule has 1 saturated carbocycles. The molecule has 1 aromatic carbocycles. The lowest BCUT2D eigenvalue weighted by Gasteiger charge is -2.30. The maximum absolute atomic E-state index is 12.6. The molecule has 2 rings (SSSR count). The average Bonchev–Trinajstić information content (AvgIpc) is 2.83. The molecule has 126 valence electrons. The third-order valence-corrected chi connectivity index (χ3v) is 4.87. The zero-order valence-corrected chi connectivity index (χ0v) is 13.8. The van der Waals surface area contributed by atoms with Crippen LogP contribution in [0.4, 0.5) is 4.39 Å². The van der Waals surface area contributed by atoms with Gasteiger partial charge in [0.2, 0.25) is 5.91 Å². The van der Waals surface area contributed by atoms with E-state index in [2.05, 4.69) is 0 Å². The molecule has 1 fully saturated rings. The summed E-state index contributed by atoms with van der Waals surface area (Å²) in [5, 5.41) is 0. The summed E-state index contributed by atoms with van der Waals surface area (Å²) in [6, 6.07) is 7.54. The molecule has 3 nitrogen and oxygen atoms in total. The van der Waals surface area contributed by atoms with E-state index in [4.69, 9.17) is 10.5 Å². The summed E-state index contributed by atoms with van der Waals surface area (Å²) in [5.74, 6) is 0.441. The topological polar surface area (TPSA) is 52.3 Å². The van der Waals surface area contributed by atoms with Crippen molar-refractivity contribution in [2.45, 2.75) is 57.3 Å². The maximum Gasteiger partial charge on any atom is 0.228 e. The molecule has 0 radical (unpaired) electrons. The SMILES string of the molecule is CC/C(=C\F)COc1ccc(C2(C(N)=O)CCCCCC2)cc1. The number of carbonyl (C=O) groups excluding carboxylic acids is 1. The number of hydrogen-bond acceptors (Lipinski definition) is 2. The Morgan fingerprint density at radius 3 is 2.30 bits per heavy atom. The van der Waals surface area contributed by atoms with Gasteiger partial charge in [-0.3, -0.25) is 4.79 Å². The molecule has 1 aliphatic rings. The first kappa shape index (κ1) is 17.5. The van der Waals surface area contributed by atoms with Gasteiger partial charge in [-0.05, 0) is 42.5 Å². The molecule has 1 amide bonds. The maximum atomic E-state index is 12.6. The highest BCUT2D eigenvalue weighted by molar-refractivity contribution is 5.86. The van der Waals surface area contributed by atoms with Crippen LogP contribution in [0.25, 0.3) is 0 Å². The van der Waals surface area contributed by atoms with E-state index in [1.54, 1.807) is 0 Å². The lowest BCUT2D eigenvalue weighted by atomic mass is 9.73. The van der Waals surface area contributed by atoms with Crippen molar-refractivity contribution >= 4 is 5.91 Å². The molecular formula is C19H26FNO2. The number of primary amides is 1. The molecule has 0 atom stereocenters. The van der Waals surface area contributed by atoms with Gasteiger partial charge in [-0.15, -0.1) is 0 Å². The number of halogens is 1. The van der Waals surface area contributed by atoms with Crippen LogP contribution in [-0.2, 0) is 10.2 Å². The van der Waals surface area contributed by atoms with Crippen molar-refractivity contribution in [3.63, 3.8) is 0 Å². The van der Waals surface area contributed by atoms with Gasteiger partial charge in [0.1, 0.15) is 12.4 Å². The van der Waals surface area contributed by atoms with Gasteiger partial charge >= 0.3 is 0 Å². The zero-order chi connectivity index (χ0) is 16.7. The molecule has 1 aliphatic carbocycles. The van der Waals surface area contributed by atoms with Crippen LogP contribution >= 0.6 is 0 Å². The van der Waals surface area contributed by atoms with E-state index in [1.807, 2.05) is 31.2 Å². The Labute approximate surface area is 137 Å². The molecule has 0 heterocycles. The summed E-state index contributed by atoms with van der Waals surface area (Å²) in [5.41, 5.74) is 6.79. The molecule has 0 saturated heterocycles. The lowest BCUT2D eigenvalue weighted by Crippen LogP contribution is -2.40. The van der Waals surface area contributed by atoms with Crippen molar-refractivity contribution < 1.29 is 13.9 Å². The van der Waals surface area contributed by atoms with Gasteiger partial charge in [-0.2, -0.15) is 0 Å². The fourth-order valence-corrected chi connectivity index (χ4v) is 3.27. The molecule has 0 spiro atoms. The summed E-state index contributed by atoms with van der Waals surface area (Å²) in [7, 11) is 0. The van der Waals surface area contributed by atoms with E-state index < -0.39 is 5.41 Å². The van der Waals surface area contributed by atoms with Gasteiger partial charge in [0, 0.05) is 0 Å². The molecule has 0 aromatic heterocycles. The number of hydrogen-bond donors (Lipinski definition) is 1. The quantitative estimate of drug-likeness (QED) is 0.790. The van der Waals surface area contributed by atoms with Crippen LogP contribution in [0.5, 0.6) is 5.75 Å². The normalized spacial score (nSPS) is 18.3. The van der Waals surface area contributed by atoms with Crippen molar-refractivity contribution in [1.29, 1.82) is 0 Å². The first-order valence-electron chi connectivity index (χ1n) is 8.44. The summed E-state index contributed by atoms with van der Waals surface area (Å²) in [6.07, 6.45) is 7.23. The van der Waals surface area contributed by atoms with E-state index in [9.17, 15) is 9.18 Å². The highest BCUT2D eigenvalue weighted by Gasteiger charge is 2.38. The van der Waals surface area contributed by atoms with Crippen molar-refractivity contribution in [3.05, 3.63) is 41.7 Å². The monoisotopic (exact) mass is 319 g/mol. The Morgan fingerprint density at radius 2 is 1.83 bits per heavy atom. The van der Waals surface area contributed by atoms with Gasteiger partial charge in [0.15, 0.2) is 0 Å². The minimum Gasteiger partial charge on any atom is -0.489 e.